The second-order valence-electron chi connectivity index (χ2n) is 5.04. The van der Waals surface area contributed by atoms with E-state index in [1.165, 1.54) is 11.4 Å². The van der Waals surface area contributed by atoms with Crippen LogP contribution >= 0.6 is 0 Å². The Labute approximate surface area is 124 Å². The molecule has 0 fully saturated rings. The fourth-order valence-corrected chi connectivity index (χ4v) is 3.43. The zero-order valence-electron chi connectivity index (χ0n) is 12.3. The summed E-state index contributed by atoms with van der Waals surface area (Å²) in [6.07, 6.45) is 0. The molecule has 2 rings (SSSR count). The second kappa shape index (κ2) is 5.97. The molecule has 0 saturated heterocycles. The van der Waals surface area contributed by atoms with Crippen molar-refractivity contribution in [2.45, 2.75) is 32.0 Å². The first-order valence-electron chi connectivity index (χ1n) is 6.53. The monoisotopic (exact) mass is 309 g/mol. The number of aliphatic hydroxyl groups is 1. The fourth-order valence-electron chi connectivity index (χ4n) is 2.13. The van der Waals surface area contributed by atoms with Crippen molar-refractivity contribution in [3.05, 3.63) is 46.6 Å². The van der Waals surface area contributed by atoms with Crippen molar-refractivity contribution in [3.63, 3.8) is 0 Å². The summed E-state index contributed by atoms with van der Waals surface area (Å²) in [6, 6.07) is 7.67. The van der Waals surface area contributed by atoms with Crippen LogP contribution in [0.4, 0.5) is 0 Å². The predicted octanol–water partition coefficient (Wildman–Crippen LogP) is 1.34. The van der Waals surface area contributed by atoms with Gasteiger partial charge in [0.1, 0.15) is 0 Å². The van der Waals surface area contributed by atoms with Gasteiger partial charge in [0.15, 0.2) is 5.03 Å². The zero-order chi connectivity index (χ0) is 15.6. The van der Waals surface area contributed by atoms with Gasteiger partial charge in [-0.1, -0.05) is 29.8 Å². The van der Waals surface area contributed by atoms with Crippen LogP contribution < -0.4 is 0 Å². The van der Waals surface area contributed by atoms with Gasteiger partial charge in [0.25, 0.3) is 10.0 Å². The van der Waals surface area contributed by atoms with Crippen molar-refractivity contribution in [2.75, 3.05) is 7.05 Å². The molecule has 0 aliphatic carbocycles. The number of rotatable bonds is 5. The third-order valence-electron chi connectivity index (χ3n) is 3.34. The summed E-state index contributed by atoms with van der Waals surface area (Å²) in [4.78, 5) is 0. The zero-order valence-corrected chi connectivity index (χ0v) is 13.1. The highest BCUT2D eigenvalue weighted by Crippen LogP contribution is 2.21. The molecule has 1 aromatic carbocycles. The SMILES string of the molecule is Cc1cccc(CN(C)S(=O)(=O)c2n[nH]c(C)c2CO)c1. The summed E-state index contributed by atoms with van der Waals surface area (Å²) < 4.78 is 26.3. The Bertz CT molecular complexity index is 738. The number of nitrogens with zero attached hydrogens (tertiary/aromatic N) is 2. The van der Waals surface area contributed by atoms with Gasteiger partial charge in [-0.3, -0.25) is 5.10 Å². The number of H-pyrrole nitrogens is 1. The van der Waals surface area contributed by atoms with E-state index < -0.39 is 10.0 Å². The Kier molecular flexibility index (Phi) is 4.46. The van der Waals surface area contributed by atoms with E-state index >= 15 is 0 Å². The molecule has 0 radical (unpaired) electrons. The Morgan fingerprint density at radius 2 is 2.05 bits per heavy atom. The summed E-state index contributed by atoms with van der Waals surface area (Å²) >= 11 is 0. The largest absolute Gasteiger partial charge is 0.392 e. The van der Waals surface area contributed by atoms with Crippen LogP contribution in [0.3, 0.4) is 0 Å². The average Bonchev–Trinajstić information content (AvgIpc) is 2.80. The molecule has 0 aliphatic rings. The highest BCUT2D eigenvalue weighted by molar-refractivity contribution is 7.89. The summed E-state index contributed by atoms with van der Waals surface area (Å²) in [5.74, 6) is 0. The number of benzene rings is 1. The molecular formula is C14H19N3O3S. The molecule has 0 saturated carbocycles. The first-order valence-corrected chi connectivity index (χ1v) is 7.97. The van der Waals surface area contributed by atoms with Crippen molar-refractivity contribution in [1.29, 1.82) is 0 Å². The van der Waals surface area contributed by atoms with Gasteiger partial charge >= 0.3 is 0 Å². The molecule has 2 N–H and O–H groups in total. The minimum Gasteiger partial charge on any atom is -0.392 e. The maximum atomic E-state index is 12.5. The van der Waals surface area contributed by atoms with E-state index in [0.29, 0.717) is 11.3 Å². The topological polar surface area (TPSA) is 86.3 Å². The quantitative estimate of drug-likeness (QED) is 0.872. The number of hydrogen-bond donors (Lipinski definition) is 2. The van der Waals surface area contributed by atoms with Crippen molar-refractivity contribution in [3.8, 4) is 0 Å². The number of nitrogens with one attached hydrogen (secondary N) is 1. The van der Waals surface area contributed by atoms with E-state index in [4.69, 9.17) is 0 Å². The van der Waals surface area contributed by atoms with E-state index in [1.54, 1.807) is 6.92 Å². The number of sulfonamides is 1. The molecule has 0 atom stereocenters. The molecule has 0 spiro atoms. The summed E-state index contributed by atoms with van der Waals surface area (Å²) in [5, 5.41) is 15.6. The van der Waals surface area contributed by atoms with Crippen molar-refractivity contribution in [1.82, 2.24) is 14.5 Å². The number of aromatic nitrogens is 2. The van der Waals surface area contributed by atoms with E-state index in [0.717, 1.165) is 11.1 Å². The molecule has 114 valence electrons. The third-order valence-corrected chi connectivity index (χ3v) is 5.11. The minimum absolute atomic E-state index is 0.113. The Hall–Kier alpha value is -1.70. The minimum atomic E-state index is -3.74. The molecule has 0 bridgehead atoms. The first kappa shape index (κ1) is 15.7. The van der Waals surface area contributed by atoms with Gasteiger partial charge in [-0.15, -0.1) is 0 Å². The fraction of sp³-hybridized carbons (Fsp3) is 0.357. The number of hydrogen-bond acceptors (Lipinski definition) is 4. The number of aryl methyl sites for hydroxylation is 2. The number of aliphatic hydroxyl groups excluding tert-OH is 1. The molecule has 1 heterocycles. The van der Waals surface area contributed by atoms with Gasteiger partial charge in [0, 0.05) is 24.8 Å². The van der Waals surface area contributed by atoms with E-state index in [9.17, 15) is 13.5 Å². The molecule has 21 heavy (non-hydrogen) atoms. The van der Waals surface area contributed by atoms with Gasteiger partial charge in [-0.25, -0.2) is 8.42 Å². The standard InChI is InChI=1S/C14H19N3O3S/c1-10-5-4-6-12(7-10)8-17(3)21(19,20)14-13(9-18)11(2)15-16-14/h4-7,18H,8-9H2,1-3H3,(H,15,16). The van der Waals surface area contributed by atoms with Gasteiger partial charge < -0.3 is 5.11 Å². The molecule has 1 aromatic heterocycles. The Morgan fingerprint density at radius 1 is 1.33 bits per heavy atom. The summed E-state index contributed by atoms with van der Waals surface area (Å²) in [7, 11) is -2.24. The maximum absolute atomic E-state index is 12.5. The average molecular weight is 309 g/mol. The van der Waals surface area contributed by atoms with E-state index in [2.05, 4.69) is 10.2 Å². The van der Waals surface area contributed by atoms with Crippen molar-refractivity contribution in [2.24, 2.45) is 0 Å². The molecule has 0 unspecified atom stereocenters. The normalized spacial score (nSPS) is 12.0. The lowest BCUT2D eigenvalue weighted by Crippen LogP contribution is -2.27. The Morgan fingerprint density at radius 3 is 2.67 bits per heavy atom. The highest BCUT2D eigenvalue weighted by atomic mass is 32.2. The third kappa shape index (κ3) is 3.15. The van der Waals surface area contributed by atoms with Crippen LogP contribution in [0.15, 0.2) is 29.3 Å². The summed E-state index contributed by atoms with van der Waals surface area (Å²) in [5.41, 5.74) is 2.84. The van der Waals surface area contributed by atoms with Crippen LogP contribution in [0.1, 0.15) is 22.4 Å². The highest BCUT2D eigenvalue weighted by Gasteiger charge is 2.27. The summed E-state index contributed by atoms with van der Waals surface area (Å²) in [6.45, 7) is 3.52. The van der Waals surface area contributed by atoms with Gasteiger partial charge in [0.2, 0.25) is 0 Å². The second-order valence-corrected chi connectivity index (χ2v) is 7.00. The van der Waals surface area contributed by atoms with Gasteiger partial charge in [0.05, 0.1) is 6.61 Å². The molecule has 0 amide bonds. The lowest BCUT2D eigenvalue weighted by atomic mass is 10.1. The molecular weight excluding hydrogens is 290 g/mol. The van der Waals surface area contributed by atoms with Gasteiger partial charge in [-0.05, 0) is 19.4 Å². The molecule has 2 aromatic rings. The van der Waals surface area contributed by atoms with Gasteiger partial charge in [-0.2, -0.15) is 9.40 Å². The van der Waals surface area contributed by atoms with E-state index in [1.807, 2.05) is 31.2 Å². The smallest absolute Gasteiger partial charge is 0.262 e. The number of aromatic amines is 1. The van der Waals surface area contributed by atoms with Crippen LogP contribution in [0.25, 0.3) is 0 Å². The molecule has 7 heteroatoms. The Balaban J connectivity index is 2.30. The van der Waals surface area contributed by atoms with Crippen LogP contribution in [0.2, 0.25) is 0 Å². The van der Waals surface area contributed by atoms with Crippen LogP contribution in [-0.2, 0) is 23.2 Å². The molecule has 0 aliphatic heterocycles. The first-order chi connectivity index (χ1) is 9.86. The van der Waals surface area contributed by atoms with Crippen molar-refractivity contribution < 1.29 is 13.5 Å². The van der Waals surface area contributed by atoms with Crippen LogP contribution in [0, 0.1) is 13.8 Å². The van der Waals surface area contributed by atoms with Crippen LogP contribution in [0.5, 0.6) is 0 Å². The van der Waals surface area contributed by atoms with E-state index in [-0.39, 0.29) is 18.2 Å². The lowest BCUT2D eigenvalue weighted by Gasteiger charge is -2.16. The maximum Gasteiger partial charge on any atom is 0.262 e. The van der Waals surface area contributed by atoms with Crippen molar-refractivity contribution >= 4 is 10.0 Å². The molecule has 6 nitrogen and oxygen atoms in total. The predicted molar refractivity (Wildman–Crippen MR) is 79.1 cm³/mol. The van der Waals surface area contributed by atoms with Crippen LogP contribution in [-0.4, -0.2) is 35.1 Å². The lowest BCUT2D eigenvalue weighted by molar-refractivity contribution is 0.277.